The van der Waals surface area contributed by atoms with Gasteiger partial charge in [-0.25, -0.2) is 4.98 Å². The van der Waals surface area contributed by atoms with Crippen LogP contribution in [-0.2, 0) is 13.0 Å². The molecule has 6 heteroatoms. The molecule has 0 aliphatic heterocycles. The van der Waals surface area contributed by atoms with Crippen LogP contribution < -0.4 is 5.32 Å². The molecular formula is C13H18N4O2. The number of hydrogen-bond acceptors (Lipinski definition) is 4. The maximum atomic E-state index is 12.0. The van der Waals surface area contributed by atoms with Gasteiger partial charge in [0.2, 0.25) is 0 Å². The summed E-state index contributed by atoms with van der Waals surface area (Å²) >= 11 is 0. The molecule has 102 valence electrons. The SMILES string of the molecule is CCc1noc(C)c1C(=O)NCCCn1ccnc1. The number of carbonyl (C=O) groups excluding carboxylic acids is 1. The Morgan fingerprint density at radius 3 is 3.05 bits per heavy atom. The maximum Gasteiger partial charge on any atom is 0.256 e. The van der Waals surface area contributed by atoms with E-state index in [1.165, 1.54) is 0 Å². The molecule has 0 fully saturated rings. The molecule has 19 heavy (non-hydrogen) atoms. The summed E-state index contributed by atoms with van der Waals surface area (Å²) in [6, 6.07) is 0. The van der Waals surface area contributed by atoms with Gasteiger partial charge in [-0.1, -0.05) is 12.1 Å². The largest absolute Gasteiger partial charge is 0.361 e. The summed E-state index contributed by atoms with van der Waals surface area (Å²) in [5.41, 5.74) is 1.29. The van der Waals surface area contributed by atoms with Crippen molar-refractivity contribution in [2.75, 3.05) is 6.54 Å². The van der Waals surface area contributed by atoms with Crippen molar-refractivity contribution in [1.82, 2.24) is 20.0 Å². The van der Waals surface area contributed by atoms with Crippen LogP contribution in [0.4, 0.5) is 0 Å². The van der Waals surface area contributed by atoms with Crippen molar-refractivity contribution < 1.29 is 9.32 Å². The third-order valence-corrected chi connectivity index (χ3v) is 2.93. The second kappa shape index (κ2) is 6.17. The summed E-state index contributed by atoms with van der Waals surface area (Å²) in [6.07, 6.45) is 6.96. The van der Waals surface area contributed by atoms with Gasteiger partial charge in [-0.2, -0.15) is 0 Å². The fourth-order valence-corrected chi connectivity index (χ4v) is 1.92. The topological polar surface area (TPSA) is 73.0 Å². The first-order valence-corrected chi connectivity index (χ1v) is 6.41. The summed E-state index contributed by atoms with van der Waals surface area (Å²) in [6.45, 7) is 5.16. The van der Waals surface area contributed by atoms with Crippen LogP contribution in [0.15, 0.2) is 23.2 Å². The Bertz CT molecular complexity index is 531. The van der Waals surface area contributed by atoms with Gasteiger partial charge in [0.1, 0.15) is 11.3 Å². The molecule has 0 aliphatic carbocycles. The molecule has 6 nitrogen and oxygen atoms in total. The first-order chi connectivity index (χ1) is 9.22. The highest BCUT2D eigenvalue weighted by molar-refractivity contribution is 5.96. The minimum absolute atomic E-state index is 0.110. The van der Waals surface area contributed by atoms with E-state index in [0.29, 0.717) is 30.0 Å². The third-order valence-electron chi connectivity index (χ3n) is 2.93. The van der Waals surface area contributed by atoms with Gasteiger partial charge in [0, 0.05) is 25.5 Å². The van der Waals surface area contributed by atoms with Gasteiger partial charge in [0.25, 0.3) is 5.91 Å². The lowest BCUT2D eigenvalue weighted by molar-refractivity contribution is 0.0950. The lowest BCUT2D eigenvalue weighted by Crippen LogP contribution is -2.26. The molecule has 2 heterocycles. The van der Waals surface area contributed by atoms with E-state index in [1.807, 2.05) is 17.7 Å². The molecule has 1 N–H and O–H groups in total. The van der Waals surface area contributed by atoms with E-state index in [9.17, 15) is 4.79 Å². The smallest absolute Gasteiger partial charge is 0.256 e. The van der Waals surface area contributed by atoms with Crippen LogP contribution >= 0.6 is 0 Å². The van der Waals surface area contributed by atoms with Crippen molar-refractivity contribution in [3.05, 3.63) is 35.7 Å². The van der Waals surface area contributed by atoms with Gasteiger partial charge in [-0.3, -0.25) is 4.79 Å². The summed E-state index contributed by atoms with van der Waals surface area (Å²) < 4.78 is 7.03. The molecule has 0 aromatic carbocycles. The van der Waals surface area contributed by atoms with E-state index in [2.05, 4.69) is 15.5 Å². The molecule has 2 aromatic heterocycles. The predicted octanol–water partition coefficient (Wildman–Crippen LogP) is 1.56. The monoisotopic (exact) mass is 262 g/mol. The molecule has 1 amide bonds. The highest BCUT2D eigenvalue weighted by Gasteiger charge is 2.18. The van der Waals surface area contributed by atoms with Gasteiger partial charge >= 0.3 is 0 Å². The summed E-state index contributed by atoms with van der Waals surface area (Å²) in [5, 5.41) is 6.77. The molecule has 0 spiro atoms. The first kappa shape index (κ1) is 13.3. The fraction of sp³-hybridized carbons (Fsp3) is 0.462. The molecule has 0 bridgehead atoms. The van der Waals surface area contributed by atoms with Gasteiger partial charge in [-0.05, 0) is 19.8 Å². The second-order valence-corrected chi connectivity index (χ2v) is 4.32. The normalized spacial score (nSPS) is 10.6. The van der Waals surface area contributed by atoms with Crippen molar-refractivity contribution in [2.24, 2.45) is 0 Å². The summed E-state index contributed by atoms with van der Waals surface area (Å²) in [7, 11) is 0. The Hall–Kier alpha value is -2.11. The molecule has 2 rings (SSSR count). The standard InChI is InChI=1S/C13H18N4O2/c1-3-11-12(10(2)19-16-11)13(18)15-5-4-7-17-8-6-14-9-17/h6,8-9H,3-5,7H2,1-2H3,(H,15,18). The number of aromatic nitrogens is 3. The maximum absolute atomic E-state index is 12.0. The molecule has 0 aliphatic rings. The lowest BCUT2D eigenvalue weighted by atomic mass is 10.1. The Labute approximate surface area is 111 Å². The lowest BCUT2D eigenvalue weighted by Gasteiger charge is -2.05. The zero-order chi connectivity index (χ0) is 13.7. The number of imidazole rings is 1. The minimum atomic E-state index is -0.110. The molecule has 0 radical (unpaired) electrons. The first-order valence-electron chi connectivity index (χ1n) is 6.41. The average Bonchev–Trinajstić information content (AvgIpc) is 3.03. The molecule has 0 saturated heterocycles. The number of rotatable bonds is 6. The average molecular weight is 262 g/mol. The molecular weight excluding hydrogens is 244 g/mol. The Balaban J connectivity index is 1.82. The van der Waals surface area contributed by atoms with Crippen LogP contribution in [0, 0.1) is 6.92 Å². The third kappa shape index (κ3) is 3.21. The molecule has 2 aromatic rings. The predicted molar refractivity (Wildman–Crippen MR) is 69.8 cm³/mol. The highest BCUT2D eigenvalue weighted by atomic mass is 16.5. The van der Waals surface area contributed by atoms with Crippen molar-refractivity contribution in [1.29, 1.82) is 0 Å². The summed E-state index contributed by atoms with van der Waals surface area (Å²) in [5.74, 6) is 0.463. The van der Waals surface area contributed by atoms with E-state index in [-0.39, 0.29) is 5.91 Å². The quantitative estimate of drug-likeness (QED) is 0.802. The van der Waals surface area contributed by atoms with E-state index in [4.69, 9.17) is 4.52 Å². The van der Waals surface area contributed by atoms with Gasteiger partial charge < -0.3 is 14.4 Å². The highest BCUT2D eigenvalue weighted by Crippen LogP contribution is 2.13. The van der Waals surface area contributed by atoms with E-state index >= 15 is 0 Å². The van der Waals surface area contributed by atoms with Crippen molar-refractivity contribution in [3.8, 4) is 0 Å². The number of nitrogens with zero attached hydrogens (tertiary/aromatic N) is 3. The zero-order valence-electron chi connectivity index (χ0n) is 11.2. The number of carbonyl (C=O) groups is 1. The van der Waals surface area contributed by atoms with Crippen LogP contribution in [-0.4, -0.2) is 27.2 Å². The van der Waals surface area contributed by atoms with Crippen LogP contribution in [0.1, 0.15) is 35.2 Å². The molecule has 0 saturated carbocycles. The number of hydrogen-bond donors (Lipinski definition) is 1. The van der Waals surface area contributed by atoms with Crippen LogP contribution in [0.3, 0.4) is 0 Å². The van der Waals surface area contributed by atoms with E-state index in [1.54, 1.807) is 19.4 Å². The van der Waals surface area contributed by atoms with Crippen molar-refractivity contribution in [2.45, 2.75) is 33.2 Å². The number of amides is 1. The number of nitrogens with one attached hydrogen (secondary N) is 1. The van der Waals surface area contributed by atoms with Crippen molar-refractivity contribution in [3.63, 3.8) is 0 Å². The van der Waals surface area contributed by atoms with E-state index in [0.717, 1.165) is 13.0 Å². The second-order valence-electron chi connectivity index (χ2n) is 4.32. The Morgan fingerprint density at radius 1 is 1.53 bits per heavy atom. The van der Waals surface area contributed by atoms with Crippen LogP contribution in [0.2, 0.25) is 0 Å². The Kier molecular flexibility index (Phi) is 4.33. The zero-order valence-corrected chi connectivity index (χ0v) is 11.2. The summed E-state index contributed by atoms with van der Waals surface area (Å²) in [4.78, 5) is 16.0. The molecule has 0 unspecified atom stereocenters. The van der Waals surface area contributed by atoms with Crippen LogP contribution in [0.25, 0.3) is 0 Å². The Morgan fingerprint density at radius 2 is 2.37 bits per heavy atom. The molecule has 0 atom stereocenters. The van der Waals surface area contributed by atoms with Gasteiger partial charge in [0.15, 0.2) is 0 Å². The fourth-order valence-electron chi connectivity index (χ4n) is 1.92. The van der Waals surface area contributed by atoms with Gasteiger partial charge in [0.05, 0.1) is 12.0 Å². The van der Waals surface area contributed by atoms with Crippen molar-refractivity contribution >= 4 is 5.91 Å². The van der Waals surface area contributed by atoms with E-state index < -0.39 is 0 Å². The minimum Gasteiger partial charge on any atom is -0.361 e. The number of aryl methyl sites for hydroxylation is 3. The van der Waals surface area contributed by atoms with Crippen LogP contribution in [0.5, 0.6) is 0 Å². The van der Waals surface area contributed by atoms with Gasteiger partial charge in [-0.15, -0.1) is 0 Å².